The van der Waals surface area contributed by atoms with Crippen molar-refractivity contribution in [1.29, 1.82) is 0 Å². The monoisotopic (exact) mass is 196 g/mol. The second-order valence-electron chi connectivity index (χ2n) is 3.63. The van der Waals surface area contributed by atoms with Gasteiger partial charge < -0.3 is 5.11 Å². The van der Waals surface area contributed by atoms with E-state index in [1.807, 2.05) is 0 Å². The molecule has 0 saturated carbocycles. The topological polar surface area (TPSA) is 20.2 Å². The molecular formula is C13H24O. The minimum Gasteiger partial charge on any atom is -0.396 e. The Balaban J connectivity index is 3.75. The van der Waals surface area contributed by atoms with Crippen LogP contribution in [-0.4, -0.2) is 11.7 Å². The van der Waals surface area contributed by atoms with E-state index >= 15 is 0 Å². The number of allylic oxidation sites excluding steroid dienone is 1. The van der Waals surface area contributed by atoms with E-state index in [0.29, 0.717) is 6.61 Å². The minimum atomic E-state index is 0.314. The van der Waals surface area contributed by atoms with Gasteiger partial charge in [-0.25, -0.2) is 0 Å². The maximum absolute atomic E-state index is 8.60. The van der Waals surface area contributed by atoms with Gasteiger partial charge in [0.25, 0.3) is 0 Å². The molecule has 0 aromatic heterocycles. The molecule has 1 N–H and O–H groups in total. The Hall–Kier alpha value is -0.520. The lowest BCUT2D eigenvalue weighted by atomic mass is 10.1. The van der Waals surface area contributed by atoms with Crippen LogP contribution in [0.2, 0.25) is 0 Å². The average molecular weight is 196 g/mol. The second kappa shape index (κ2) is 10.6. The Morgan fingerprint density at radius 1 is 1.21 bits per heavy atom. The van der Waals surface area contributed by atoms with Crippen LogP contribution in [0.5, 0.6) is 0 Å². The molecule has 0 heterocycles. The van der Waals surface area contributed by atoms with Crippen LogP contribution in [0.25, 0.3) is 0 Å². The van der Waals surface area contributed by atoms with Crippen LogP contribution in [0.1, 0.15) is 58.8 Å². The summed E-state index contributed by atoms with van der Waals surface area (Å²) in [5.74, 6) is 0. The zero-order chi connectivity index (χ0) is 10.6. The van der Waals surface area contributed by atoms with Crippen LogP contribution in [-0.2, 0) is 0 Å². The van der Waals surface area contributed by atoms with E-state index in [2.05, 4.69) is 25.7 Å². The van der Waals surface area contributed by atoms with Crippen molar-refractivity contribution in [2.24, 2.45) is 0 Å². The predicted molar refractivity (Wildman–Crippen MR) is 62.3 cm³/mol. The van der Waals surface area contributed by atoms with Crippen LogP contribution in [0.4, 0.5) is 0 Å². The molecule has 0 spiro atoms. The lowest BCUT2D eigenvalue weighted by Gasteiger charge is -1.98. The molecule has 1 heteroatoms. The van der Waals surface area contributed by atoms with Crippen molar-refractivity contribution in [3.8, 4) is 0 Å². The van der Waals surface area contributed by atoms with Gasteiger partial charge in [-0.15, -0.1) is 5.73 Å². The smallest absolute Gasteiger partial charge is 0.0431 e. The first-order valence-electron chi connectivity index (χ1n) is 5.88. The number of unbranched alkanes of at least 4 members (excludes halogenated alkanes) is 3. The van der Waals surface area contributed by atoms with E-state index in [0.717, 1.165) is 25.7 Å². The molecule has 14 heavy (non-hydrogen) atoms. The number of hydrogen-bond acceptors (Lipinski definition) is 1. The van der Waals surface area contributed by atoms with Gasteiger partial charge in [0.2, 0.25) is 0 Å². The molecule has 1 nitrogen and oxygen atoms in total. The zero-order valence-electron chi connectivity index (χ0n) is 9.68. The Morgan fingerprint density at radius 3 is 2.57 bits per heavy atom. The first-order chi connectivity index (χ1) is 6.85. The van der Waals surface area contributed by atoms with Crippen molar-refractivity contribution in [2.45, 2.75) is 58.8 Å². The average Bonchev–Trinajstić information content (AvgIpc) is 2.22. The molecule has 0 radical (unpaired) electrons. The van der Waals surface area contributed by atoms with Gasteiger partial charge in [0.05, 0.1) is 0 Å². The van der Waals surface area contributed by atoms with Crippen LogP contribution in [0, 0.1) is 0 Å². The SMILES string of the molecule is CCCCC(=C=CCCCCO)CC. The summed E-state index contributed by atoms with van der Waals surface area (Å²) in [6.45, 7) is 4.73. The molecule has 0 aromatic carbocycles. The van der Waals surface area contributed by atoms with Gasteiger partial charge in [0, 0.05) is 6.61 Å². The fourth-order valence-electron chi connectivity index (χ4n) is 1.32. The summed E-state index contributed by atoms with van der Waals surface area (Å²) >= 11 is 0. The summed E-state index contributed by atoms with van der Waals surface area (Å²) in [7, 11) is 0. The van der Waals surface area contributed by atoms with Crippen molar-refractivity contribution in [1.82, 2.24) is 0 Å². The van der Waals surface area contributed by atoms with Crippen LogP contribution >= 0.6 is 0 Å². The van der Waals surface area contributed by atoms with Gasteiger partial charge in [-0.05, 0) is 50.2 Å². The van der Waals surface area contributed by atoms with Gasteiger partial charge in [-0.1, -0.05) is 20.3 Å². The normalized spacial score (nSPS) is 9.64. The van der Waals surface area contributed by atoms with Gasteiger partial charge in [-0.2, -0.15) is 0 Å². The summed E-state index contributed by atoms with van der Waals surface area (Å²) in [4.78, 5) is 0. The highest BCUT2D eigenvalue weighted by molar-refractivity contribution is 5.00. The van der Waals surface area contributed by atoms with E-state index in [1.54, 1.807) is 0 Å². The quantitative estimate of drug-likeness (QED) is 0.462. The van der Waals surface area contributed by atoms with Crippen LogP contribution in [0.3, 0.4) is 0 Å². The Morgan fingerprint density at radius 2 is 2.00 bits per heavy atom. The molecule has 0 atom stereocenters. The maximum atomic E-state index is 8.60. The predicted octanol–water partition coefficient (Wildman–Crippen LogP) is 3.83. The van der Waals surface area contributed by atoms with Gasteiger partial charge in [0.15, 0.2) is 0 Å². The van der Waals surface area contributed by atoms with Crippen molar-refractivity contribution in [2.75, 3.05) is 6.61 Å². The van der Waals surface area contributed by atoms with Crippen LogP contribution < -0.4 is 0 Å². The molecule has 0 amide bonds. The molecule has 0 bridgehead atoms. The Bertz CT molecular complexity index is 176. The molecule has 0 aliphatic heterocycles. The third-order valence-electron chi connectivity index (χ3n) is 2.32. The van der Waals surface area contributed by atoms with Gasteiger partial charge in [0.1, 0.15) is 0 Å². The molecule has 0 rings (SSSR count). The molecule has 0 saturated heterocycles. The summed E-state index contributed by atoms with van der Waals surface area (Å²) < 4.78 is 0. The lowest BCUT2D eigenvalue weighted by Crippen LogP contribution is -1.81. The van der Waals surface area contributed by atoms with E-state index in [4.69, 9.17) is 5.11 Å². The Labute approximate surface area is 88.5 Å². The van der Waals surface area contributed by atoms with Crippen LogP contribution in [0.15, 0.2) is 17.4 Å². The van der Waals surface area contributed by atoms with E-state index in [-0.39, 0.29) is 0 Å². The number of hydrogen-bond donors (Lipinski definition) is 1. The molecule has 0 aromatic rings. The highest BCUT2D eigenvalue weighted by atomic mass is 16.2. The fourth-order valence-corrected chi connectivity index (χ4v) is 1.32. The van der Waals surface area contributed by atoms with Crippen molar-refractivity contribution in [3.05, 3.63) is 17.4 Å². The lowest BCUT2D eigenvalue weighted by molar-refractivity contribution is 0.285. The molecule has 0 aliphatic carbocycles. The fraction of sp³-hybridized carbons (Fsp3) is 0.769. The van der Waals surface area contributed by atoms with Crippen molar-refractivity contribution in [3.63, 3.8) is 0 Å². The van der Waals surface area contributed by atoms with E-state index < -0.39 is 0 Å². The van der Waals surface area contributed by atoms with Gasteiger partial charge >= 0.3 is 0 Å². The maximum Gasteiger partial charge on any atom is 0.0431 e. The first kappa shape index (κ1) is 13.5. The number of aliphatic hydroxyl groups excluding tert-OH is 1. The number of aliphatic hydroxyl groups is 1. The van der Waals surface area contributed by atoms with E-state index in [1.165, 1.54) is 24.8 Å². The molecule has 0 fully saturated rings. The minimum absolute atomic E-state index is 0.314. The highest BCUT2D eigenvalue weighted by Gasteiger charge is 1.91. The zero-order valence-corrected chi connectivity index (χ0v) is 9.68. The second-order valence-corrected chi connectivity index (χ2v) is 3.63. The molecule has 0 aliphatic rings. The Kier molecular flexibility index (Phi) is 10.2. The van der Waals surface area contributed by atoms with Crippen molar-refractivity contribution < 1.29 is 5.11 Å². The number of rotatable bonds is 8. The summed E-state index contributed by atoms with van der Waals surface area (Å²) in [6.07, 6.45) is 10.0. The summed E-state index contributed by atoms with van der Waals surface area (Å²) in [5.41, 5.74) is 4.81. The third-order valence-corrected chi connectivity index (χ3v) is 2.32. The molecule has 82 valence electrons. The van der Waals surface area contributed by atoms with E-state index in [9.17, 15) is 0 Å². The molecule has 0 unspecified atom stereocenters. The first-order valence-corrected chi connectivity index (χ1v) is 5.88. The summed E-state index contributed by atoms with van der Waals surface area (Å²) in [5, 5.41) is 8.60. The van der Waals surface area contributed by atoms with Gasteiger partial charge in [-0.3, -0.25) is 0 Å². The largest absolute Gasteiger partial charge is 0.396 e. The summed E-state index contributed by atoms with van der Waals surface area (Å²) in [6, 6.07) is 0. The highest BCUT2D eigenvalue weighted by Crippen LogP contribution is 2.09. The molecular weight excluding hydrogens is 172 g/mol. The third kappa shape index (κ3) is 8.10. The standard InChI is InChI=1S/C13H24O/c1-3-5-10-13(4-2)11-8-6-7-9-12-14/h8,14H,3-7,9-10,12H2,1-2H3. The van der Waals surface area contributed by atoms with Crippen molar-refractivity contribution >= 4 is 0 Å².